The van der Waals surface area contributed by atoms with Crippen LogP contribution in [0.2, 0.25) is 0 Å². The highest BCUT2D eigenvalue weighted by molar-refractivity contribution is 5.45. The molecule has 0 aliphatic rings. The molecule has 0 aliphatic heterocycles. The molecule has 2 heteroatoms. The number of rotatable bonds is 7. The molecule has 0 amide bonds. The molecule has 2 nitrogen and oxygen atoms in total. The van der Waals surface area contributed by atoms with Gasteiger partial charge in [0.05, 0.1) is 0 Å². The Morgan fingerprint density at radius 3 is 1.55 bits per heavy atom. The first-order valence-corrected chi connectivity index (χ1v) is 8.38. The van der Waals surface area contributed by atoms with Gasteiger partial charge < -0.3 is 10.6 Å². The predicted octanol–water partition coefficient (Wildman–Crippen LogP) is 5.36. The number of unbranched alkanes of at least 4 members (excludes halogenated alkanes) is 2. The highest BCUT2D eigenvalue weighted by atomic mass is 15.1. The molecule has 0 unspecified atom stereocenters. The molecule has 2 rings (SSSR count). The molecule has 2 N–H and O–H groups in total. The van der Waals surface area contributed by atoms with E-state index in [1.807, 2.05) is 30.3 Å². The molecule has 0 saturated heterocycles. The van der Waals surface area contributed by atoms with E-state index in [4.69, 9.17) is 5.73 Å². The second kappa shape index (κ2) is 11.7. The number of anilines is 2. The fourth-order valence-electron chi connectivity index (χ4n) is 2.16. The first-order valence-electron chi connectivity index (χ1n) is 8.38. The molecule has 0 aromatic heterocycles. The van der Waals surface area contributed by atoms with E-state index in [-0.39, 0.29) is 0 Å². The number of nitrogen functional groups attached to an aromatic ring is 1. The Hall–Kier alpha value is -1.96. The monoisotopic (exact) mass is 298 g/mol. The average Bonchev–Trinajstić information content (AvgIpc) is 2.57. The van der Waals surface area contributed by atoms with Crippen molar-refractivity contribution in [3.05, 3.63) is 60.7 Å². The van der Waals surface area contributed by atoms with Crippen LogP contribution in [0.25, 0.3) is 0 Å². The van der Waals surface area contributed by atoms with Gasteiger partial charge in [0.25, 0.3) is 0 Å². The zero-order valence-electron chi connectivity index (χ0n) is 14.0. The van der Waals surface area contributed by atoms with Crippen molar-refractivity contribution >= 4 is 11.4 Å². The van der Waals surface area contributed by atoms with Crippen LogP contribution in [0, 0.1) is 0 Å². The van der Waals surface area contributed by atoms with E-state index in [1.165, 1.54) is 44.5 Å². The molecule has 0 atom stereocenters. The summed E-state index contributed by atoms with van der Waals surface area (Å²) in [7, 11) is 0. The van der Waals surface area contributed by atoms with Gasteiger partial charge in [-0.1, -0.05) is 63.1 Å². The van der Waals surface area contributed by atoms with E-state index in [9.17, 15) is 0 Å². The first-order chi connectivity index (χ1) is 10.8. The molecule has 0 radical (unpaired) electrons. The van der Waals surface area contributed by atoms with Crippen LogP contribution in [0.4, 0.5) is 11.4 Å². The Morgan fingerprint density at radius 2 is 1.18 bits per heavy atom. The maximum atomic E-state index is 5.36. The average molecular weight is 298 g/mol. The van der Waals surface area contributed by atoms with E-state index in [2.05, 4.69) is 49.1 Å². The summed E-state index contributed by atoms with van der Waals surface area (Å²) < 4.78 is 0. The summed E-state index contributed by atoms with van der Waals surface area (Å²) in [6, 6.07) is 20.2. The van der Waals surface area contributed by atoms with Crippen LogP contribution >= 0.6 is 0 Å². The molecular weight excluding hydrogens is 268 g/mol. The summed E-state index contributed by atoms with van der Waals surface area (Å²) in [6.07, 6.45) is 5.13. The largest absolute Gasteiger partial charge is 0.399 e. The molecule has 0 fully saturated rings. The second-order valence-electron chi connectivity index (χ2n) is 5.44. The SMILES string of the molecule is CCCCN(CCCC)c1ccccc1.Nc1ccccc1. The molecule has 0 spiro atoms. The van der Waals surface area contributed by atoms with Crippen LogP contribution in [0.3, 0.4) is 0 Å². The Balaban J connectivity index is 0.000000287. The topological polar surface area (TPSA) is 29.3 Å². The molecule has 2 aromatic rings. The number of nitrogens with two attached hydrogens (primary N) is 1. The fraction of sp³-hybridized carbons (Fsp3) is 0.400. The maximum Gasteiger partial charge on any atom is 0.0366 e. The summed E-state index contributed by atoms with van der Waals surface area (Å²) in [4.78, 5) is 2.51. The minimum absolute atomic E-state index is 0.822. The van der Waals surface area contributed by atoms with Crippen LogP contribution in [-0.4, -0.2) is 13.1 Å². The normalized spacial score (nSPS) is 9.73. The van der Waals surface area contributed by atoms with Crippen molar-refractivity contribution in [1.29, 1.82) is 0 Å². The Morgan fingerprint density at radius 1 is 0.727 bits per heavy atom. The molecule has 0 heterocycles. The third-order valence-electron chi connectivity index (χ3n) is 3.48. The van der Waals surface area contributed by atoms with E-state index >= 15 is 0 Å². The van der Waals surface area contributed by atoms with Gasteiger partial charge in [-0.05, 0) is 37.1 Å². The Bertz CT molecular complexity index is 460. The van der Waals surface area contributed by atoms with Crippen molar-refractivity contribution < 1.29 is 0 Å². The number of hydrogen-bond acceptors (Lipinski definition) is 2. The van der Waals surface area contributed by atoms with Crippen molar-refractivity contribution in [2.24, 2.45) is 0 Å². The summed E-state index contributed by atoms with van der Waals surface area (Å²) >= 11 is 0. The zero-order chi connectivity index (χ0) is 16.0. The van der Waals surface area contributed by atoms with Crippen molar-refractivity contribution in [3.63, 3.8) is 0 Å². The number of benzene rings is 2. The standard InChI is InChI=1S/C14H23N.C6H7N/c1-3-5-12-15(13-6-4-2)14-10-8-7-9-11-14;7-6-4-2-1-3-5-6/h7-11H,3-6,12-13H2,1-2H3;1-5H,7H2. The van der Waals surface area contributed by atoms with E-state index in [1.54, 1.807) is 0 Å². The van der Waals surface area contributed by atoms with E-state index in [0.29, 0.717) is 0 Å². The predicted molar refractivity (Wildman–Crippen MR) is 99.3 cm³/mol. The Kier molecular flexibility index (Phi) is 9.60. The molecular formula is C20H30N2. The van der Waals surface area contributed by atoms with Crippen LogP contribution in [0.1, 0.15) is 39.5 Å². The lowest BCUT2D eigenvalue weighted by Crippen LogP contribution is -2.25. The minimum atomic E-state index is 0.822. The minimum Gasteiger partial charge on any atom is -0.399 e. The van der Waals surface area contributed by atoms with Crippen molar-refractivity contribution in [2.45, 2.75) is 39.5 Å². The smallest absolute Gasteiger partial charge is 0.0366 e. The van der Waals surface area contributed by atoms with Gasteiger partial charge in [0.2, 0.25) is 0 Å². The van der Waals surface area contributed by atoms with Crippen LogP contribution in [0.5, 0.6) is 0 Å². The Labute approximate surface area is 136 Å². The van der Waals surface area contributed by atoms with Gasteiger partial charge >= 0.3 is 0 Å². The van der Waals surface area contributed by atoms with Gasteiger partial charge in [0.1, 0.15) is 0 Å². The number of para-hydroxylation sites is 2. The van der Waals surface area contributed by atoms with Gasteiger partial charge in [-0.3, -0.25) is 0 Å². The van der Waals surface area contributed by atoms with Gasteiger partial charge in [0, 0.05) is 24.5 Å². The van der Waals surface area contributed by atoms with Crippen molar-refractivity contribution in [3.8, 4) is 0 Å². The molecule has 0 aliphatic carbocycles. The fourth-order valence-corrected chi connectivity index (χ4v) is 2.16. The van der Waals surface area contributed by atoms with Gasteiger partial charge in [-0.2, -0.15) is 0 Å². The van der Waals surface area contributed by atoms with Crippen LogP contribution in [-0.2, 0) is 0 Å². The first kappa shape index (κ1) is 18.1. The zero-order valence-corrected chi connectivity index (χ0v) is 14.0. The van der Waals surface area contributed by atoms with E-state index < -0.39 is 0 Å². The summed E-state index contributed by atoms with van der Waals surface area (Å²) in [6.45, 7) is 6.90. The highest BCUT2D eigenvalue weighted by Gasteiger charge is 2.03. The summed E-state index contributed by atoms with van der Waals surface area (Å²) in [5.41, 5.74) is 7.55. The number of hydrogen-bond donors (Lipinski definition) is 1. The molecule has 120 valence electrons. The molecule has 2 aromatic carbocycles. The third-order valence-corrected chi connectivity index (χ3v) is 3.48. The summed E-state index contributed by atoms with van der Waals surface area (Å²) in [5.74, 6) is 0. The lowest BCUT2D eigenvalue weighted by Gasteiger charge is -2.24. The second-order valence-corrected chi connectivity index (χ2v) is 5.44. The van der Waals surface area contributed by atoms with Crippen molar-refractivity contribution in [2.75, 3.05) is 23.7 Å². The molecule has 0 bridgehead atoms. The molecule has 0 saturated carbocycles. The van der Waals surface area contributed by atoms with E-state index in [0.717, 1.165) is 5.69 Å². The van der Waals surface area contributed by atoms with Gasteiger partial charge in [-0.25, -0.2) is 0 Å². The summed E-state index contributed by atoms with van der Waals surface area (Å²) in [5, 5.41) is 0. The third kappa shape index (κ3) is 7.72. The van der Waals surface area contributed by atoms with Crippen molar-refractivity contribution in [1.82, 2.24) is 0 Å². The van der Waals surface area contributed by atoms with Gasteiger partial charge in [0.15, 0.2) is 0 Å². The number of nitrogens with zero attached hydrogens (tertiary/aromatic N) is 1. The van der Waals surface area contributed by atoms with Crippen LogP contribution in [0.15, 0.2) is 60.7 Å². The van der Waals surface area contributed by atoms with Crippen LogP contribution < -0.4 is 10.6 Å². The quantitative estimate of drug-likeness (QED) is 0.697. The maximum absolute atomic E-state index is 5.36. The van der Waals surface area contributed by atoms with Gasteiger partial charge in [-0.15, -0.1) is 0 Å². The lowest BCUT2D eigenvalue weighted by atomic mass is 10.2. The lowest BCUT2D eigenvalue weighted by molar-refractivity contribution is 0.678. The molecule has 22 heavy (non-hydrogen) atoms. The highest BCUT2D eigenvalue weighted by Crippen LogP contribution is 2.14.